The Bertz CT molecular complexity index is 2310. The van der Waals surface area contributed by atoms with Crippen LogP contribution in [0.15, 0.2) is 61.2 Å². The number of hydrogen-bond donors (Lipinski definition) is 3. The second-order valence-electron chi connectivity index (χ2n) is 13.3. The fourth-order valence-corrected chi connectivity index (χ4v) is 6.56. The Labute approximate surface area is 298 Å². The van der Waals surface area contributed by atoms with Crippen LogP contribution in [0.5, 0.6) is 0 Å². The first kappa shape index (κ1) is 37.1. The Kier molecular flexibility index (Phi) is 9.36. The molecule has 0 bridgehead atoms. The van der Waals surface area contributed by atoms with Gasteiger partial charge in [-0.05, 0) is 68.5 Å². The van der Waals surface area contributed by atoms with Crippen LogP contribution in [0.2, 0.25) is 0 Å². The second-order valence-corrected chi connectivity index (χ2v) is 13.3. The molecule has 1 amide bonds. The van der Waals surface area contributed by atoms with Crippen LogP contribution in [0.3, 0.4) is 0 Å². The van der Waals surface area contributed by atoms with E-state index in [9.17, 15) is 31.9 Å². The number of nitrogens with zero attached hydrogens (tertiary/aromatic N) is 5. The highest BCUT2D eigenvalue weighted by Crippen LogP contribution is 2.50. The number of carbonyl (C=O) groups excluding carboxylic acids is 1. The third-order valence-electron chi connectivity index (χ3n) is 8.73. The average Bonchev–Trinajstić information content (AvgIpc) is 3.66. The fourth-order valence-electron chi connectivity index (χ4n) is 6.56. The van der Waals surface area contributed by atoms with Crippen LogP contribution in [0.25, 0.3) is 22.0 Å². The monoisotopic (exact) mass is 739 g/mol. The van der Waals surface area contributed by atoms with Crippen LogP contribution in [0.4, 0.5) is 36.6 Å². The molecule has 0 unspecified atom stereocenters. The van der Waals surface area contributed by atoms with Crippen molar-refractivity contribution in [2.45, 2.75) is 57.0 Å². The van der Waals surface area contributed by atoms with E-state index in [2.05, 4.69) is 38.9 Å². The van der Waals surface area contributed by atoms with Gasteiger partial charge in [-0.25, -0.2) is 13.8 Å². The van der Waals surface area contributed by atoms with Gasteiger partial charge in [-0.3, -0.25) is 14.2 Å². The van der Waals surface area contributed by atoms with Gasteiger partial charge >= 0.3 is 6.18 Å². The third-order valence-corrected chi connectivity index (χ3v) is 8.73. The van der Waals surface area contributed by atoms with Gasteiger partial charge in [-0.1, -0.05) is 24.1 Å². The summed E-state index contributed by atoms with van der Waals surface area (Å²) in [6.07, 6.45) is -5.25. The van der Waals surface area contributed by atoms with Gasteiger partial charge in [0.25, 0.3) is 5.92 Å². The van der Waals surface area contributed by atoms with Gasteiger partial charge in [0.2, 0.25) is 5.91 Å². The van der Waals surface area contributed by atoms with Crippen LogP contribution in [-0.2, 0) is 43.3 Å². The van der Waals surface area contributed by atoms with Crippen molar-refractivity contribution in [3.63, 3.8) is 0 Å². The summed E-state index contributed by atoms with van der Waals surface area (Å²) in [5.74, 6) is -2.79. The molecule has 1 aliphatic carbocycles. The first-order chi connectivity index (χ1) is 24.8. The fraction of sp³-hybridized carbons (Fsp3) is 0.297. The molecule has 0 aliphatic heterocycles. The summed E-state index contributed by atoms with van der Waals surface area (Å²) in [7, 11) is 1.65. The predicted molar refractivity (Wildman–Crippen MR) is 181 cm³/mol. The summed E-state index contributed by atoms with van der Waals surface area (Å²) >= 11 is 0. The number of nitrogens with two attached hydrogens (primary N) is 1. The van der Waals surface area contributed by atoms with Gasteiger partial charge in [-0.2, -0.15) is 32.1 Å². The van der Waals surface area contributed by atoms with Gasteiger partial charge in [0, 0.05) is 35.2 Å². The standard InChI is InChI=1S/C37H32F7N7O2/c1-5-20-16-27-32(37(42,43)44)48-51(33(27)36(20,40)41)18-29(52)47-28(15-19-13-21(38)17-22(39)14-19)30-24(10-9-23(46-30)11-12-35(2,3)53)25-7-6-8-26-31(25)50(4)49-34(26)45/h5-10,13-14,17,20,28,53H,1,15-16,18H2,2-4H3,(H2,45,49)(H,47,52)/t20-,28+/m1/s1. The molecule has 3 aromatic heterocycles. The Morgan fingerprint density at radius 2 is 1.83 bits per heavy atom. The van der Waals surface area contributed by atoms with Crippen LogP contribution in [0.1, 0.15) is 53.8 Å². The number of alkyl halides is 5. The smallest absolute Gasteiger partial charge is 0.382 e. The minimum atomic E-state index is -5.10. The van der Waals surface area contributed by atoms with Gasteiger partial charge in [-0.15, -0.1) is 6.58 Å². The number of aryl methyl sites for hydroxylation is 1. The molecule has 0 saturated heterocycles. The first-order valence-corrected chi connectivity index (χ1v) is 16.2. The zero-order valence-corrected chi connectivity index (χ0v) is 28.5. The van der Waals surface area contributed by atoms with E-state index in [1.807, 2.05) is 0 Å². The number of amides is 1. The number of nitrogen functional groups attached to an aromatic ring is 1. The maximum absolute atomic E-state index is 15.4. The molecule has 4 N–H and O–H groups in total. The minimum absolute atomic E-state index is 0.0520. The largest absolute Gasteiger partial charge is 0.435 e. The summed E-state index contributed by atoms with van der Waals surface area (Å²) in [5.41, 5.74) is 3.05. The third kappa shape index (κ3) is 7.34. The van der Waals surface area contributed by atoms with Crippen LogP contribution >= 0.6 is 0 Å². The Balaban J connectivity index is 1.50. The van der Waals surface area contributed by atoms with E-state index < -0.39 is 77.1 Å². The molecule has 0 spiro atoms. The van der Waals surface area contributed by atoms with Crippen molar-refractivity contribution in [1.29, 1.82) is 0 Å². The molecular weight excluding hydrogens is 707 g/mol. The molecule has 16 heteroatoms. The SMILES string of the molecule is C=C[C@@H]1Cc2c(C(F)(F)F)nn(CC(=O)N[C@@H](Cc3cc(F)cc(F)c3)c3nc(C#CC(C)(C)O)ccc3-c3cccc4c(N)nn(C)c34)c2C1(F)F. The van der Waals surface area contributed by atoms with Gasteiger partial charge in [0.1, 0.15) is 35.2 Å². The lowest BCUT2D eigenvalue weighted by atomic mass is 9.93. The number of rotatable bonds is 8. The molecule has 2 atom stereocenters. The van der Waals surface area contributed by atoms with E-state index in [1.54, 1.807) is 37.4 Å². The maximum atomic E-state index is 15.4. The molecule has 9 nitrogen and oxygen atoms in total. The zero-order chi connectivity index (χ0) is 38.6. The molecule has 3 heterocycles. The highest BCUT2D eigenvalue weighted by molar-refractivity contribution is 6.00. The number of fused-ring (bicyclic) bond motifs is 2. The number of benzene rings is 2. The van der Waals surface area contributed by atoms with E-state index in [-0.39, 0.29) is 29.2 Å². The van der Waals surface area contributed by atoms with Crippen molar-refractivity contribution in [3.05, 3.63) is 107 Å². The number of para-hydroxylation sites is 1. The van der Waals surface area contributed by atoms with Gasteiger partial charge < -0.3 is 16.2 Å². The van der Waals surface area contributed by atoms with E-state index in [4.69, 9.17) is 5.73 Å². The normalized spacial score (nSPS) is 15.9. The maximum Gasteiger partial charge on any atom is 0.435 e. The zero-order valence-electron chi connectivity index (χ0n) is 28.5. The molecule has 6 rings (SSSR count). The Morgan fingerprint density at radius 3 is 2.47 bits per heavy atom. The van der Waals surface area contributed by atoms with Crippen molar-refractivity contribution in [2.24, 2.45) is 13.0 Å². The number of allylic oxidation sites excluding steroid dienone is 1. The van der Waals surface area contributed by atoms with Crippen molar-refractivity contribution in [3.8, 4) is 23.0 Å². The highest BCUT2D eigenvalue weighted by Gasteiger charge is 2.55. The van der Waals surface area contributed by atoms with Crippen molar-refractivity contribution in [2.75, 3.05) is 5.73 Å². The van der Waals surface area contributed by atoms with Crippen LogP contribution in [-0.4, -0.2) is 41.2 Å². The van der Waals surface area contributed by atoms with E-state index in [0.717, 1.165) is 18.2 Å². The Morgan fingerprint density at radius 1 is 1.13 bits per heavy atom. The molecule has 1 aliphatic rings. The number of halogens is 7. The quantitative estimate of drug-likeness (QED) is 0.0965. The molecule has 2 aromatic carbocycles. The number of anilines is 1. The van der Waals surface area contributed by atoms with Crippen molar-refractivity contribution >= 4 is 22.6 Å². The topological polar surface area (TPSA) is 124 Å². The summed E-state index contributed by atoms with van der Waals surface area (Å²) in [5, 5.41) is 21.2. The van der Waals surface area contributed by atoms with Crippen LogP contribution < -0.4 is 11.1 Å². The number of pyridine rings is 1. The first-order valence-electron chi connectivity index (χ1n) is 16.2. The van der Waals surface area contributed by atoms with Crippen molar-refractivity contribution < 1.29 is 40.6 Å². The van der Waals surface area contributed by atoms with Crippen LogP contribution in [0, 0.1) is 29.4 Å². The summed E-state index contributed by atoms with van der Waals surface area (Å²) in [4.78, 5) is 18.5. The minimum Gasteiger partial charge on any atom is -0.382 e. The lowest BCUT2D eigenvalue weighted by molar-refractivity contribution is -0.142. The summed E-state index contributed by atoms with van der Waals surface area (Å²) in [6, 6.07) is 9.71. The van der Waals surface area contributed by atoms with E-state index in [0.29, 0.717) is 32.8 Å². The molecule has 276 valence electrons. The molecular formula is C37H32F7N7O2. The average molecular weight is 740 g/mol. The summed E-state index contributed by atoms with van der Waals surface area (Å²) < 4.78 is 104. The van der Waals surface area contributed by atoms with Crippen molar-refractivity contribution in [1.82, 2.24) is 29.9 Å². The molecule has 0 saturated carbocycles. The van der Waals surface area contributed by atoms with Gasteiger partial charge in [0.05, 0.1) is 23.2 Å². The molecule has 5 aromatic rings. The number of aliphatic hydroxyl groups is 1. The van der Waals surface area contributed by atoms with Gasteiger partial charge in [0.15, 0.2) is 11.5 Å². The lowest BCUT2D eigenvalue weighted by Gasteiger charge is -2.23. The number of nitrogens with one attached hydrogen (secondary N) is 1. The van der Waals surface area contributed by atoms with E-state index >= 15 is 8.78 Å². The number of aromatic nitrogens is 5. The molecule has 0 fully saturated rings. The van der Waals surface area contributed by atoms with E-state index in [1.165, 1.54) is 18.5 Å². The number of hydrogen-bond acceptors (Lipinski definition) is 6. The lowest BCUT2D eigenvalue weighted by Crippen LogP contribution is -2.35. The number of carbonyl (C=O) groups is 1. The molecule has 53 heavy (non-hydrogen) atoms. The second kappa shape index (κ2) is 13.4. The highest BCUT2D eigenvalue weighted by atomic mass is 19.4. The molecule has 0 radical (unpaired) electrons. The summed E-state index contributed by atoms with van der Waals surface area (Å²) in [6.45, 7) is 5.15. The predicted octanol–water partition coefficient (Wildman–Crippen LogP) is 6.38. The Hall–Kier alpha value is -5.69.